The highest BCUT2D eigenvalue weighted by atomic mass is 35.5. The minimum absolute atomic E-state index is 0.451. The van der Waals surface area contributed by atoms with Gasteiger partial charge in [0.05, 0.1) is 6.10 Å². The van der Waals surface area contributed by atoms with Gasteiger partial charge >= 0.3 is 0 Å². The highest BCUT2D eigenvalue weighted by Gasteiger charge is 2.47. The Morgan fingerprint density at radius 3 is 2.71 bits per heavy atom. The normalized spacial score (nSPS) is 31.2. The molecule has 1 saturated carbocycles. The number of aromatic nitrogens is 2. The Bertz CT molecular complexity index is 402. The molecule has 0 unspecified atom stereocenters. The van der Waals surface area contributed by atoms with E-state index in [1.807, 2.05) is 0 Å². The largest absolute Gasteiger partial charge is 0.378 e. The molecular formula is C12H16ClN3O. The summed E-state index contributed by atoms with van der Waals surface area (Å²) in [5.41, 5.74) is 0. The molecule has 1 aromatic rings. The van der Waals surface area contributed by atoms with E-state index in [1.54, 1.807) is 12.4 Å². The number of nitrogens with zero attached hydrogens (tertiary/aromatic N) is 3. The zero-order valence-electron chi connectivity index (χ0n) is 9.84. The Morgan fingerprint density at radius 2 is 2.06 bits per heavy atom. The van der Waals surface area contributed by atoms with Crippen molar-refractivity contribution in [1.29, 1.82) is 0 Å². The standard InChI is InChI=1S/C12H16ClN3O/c1-2-17-10-8-5-9(10)7-16(6-8)12-11(13)14-3-4-15-12/h3-4,8-10H,2,5-7H2,1H3/t8-,9-/m0/s1. The first kappa shape index (κ1) is 11.2. The highest BCUT2D eigenvalue weighted by molar-refractivity contribution is 6.31. The van der Waals surface area contributed by atoms with Gasteiger partial charge in [0.2, 0.25) is 0 Å². The smallest absolute Gasteiger partial charge is 0.171 e. The molecule has 5 heteroatoms. The van der Waals surface area contributed by atoms with E-state index in [0.717, 1.165) is 25.5 Å². The fourth-order valence-electron chi connectivity index (χ4n) is 3.01. The lowest BCUT2D eigenvalue weighted by Gasteiger charge is -2.53. The van der Waals surface area contributed by atoms with Crippen LogP contribution in [0.1, 0.15) is 13.3 Å². The molecule has 2 aliphatic heterocycles. The summed E-state index contributed by atoms with van der Waals surface area (Å²) in [6, 6.07) is 0. The molecule has 1 aliphatic carbocycles. The van der Waals surface area contributed by atoms with Crippen molar-refractivity contribution >= 4 is 17.4 Å². The van der Waals surface area contributed by atoms with Gasteiger partial charge in [-0.3, -0.25) is 0 Å². The molecule has 2 atom stereocenters. The quantitative estimate of drug-likeness (QED) is 0.826. The molecule has 92 valence electrons. The van der Waals surface area contributed by atoms with Crippen LogP contribution in [0.15, 0.2) is 12.4 Å². The van der Waals surface area contributed by atoms with Crippen molar-refractivity contribution in [3.8, 4) is 0 Å². The third-order valence-electron chi connectivity index (χ3n) is 3.74. The number of hydrogen-bond donors (Lipinski definition) is 0. The van der Waals surface area contributed by atoms with Crippen LogP contribution in [0.3, 0.4) is 0 Å². The molecule has 0 radical (unpaired) electrons. The van der Waals surface area contributed by atoms with Crippen LogP contribution < -0.4 is 4.90 Å². The predicted molar refractivity (Wildman–Crippen MR) is 66.3 cm³/mol. The number of ether oxygens (including phenoxy) is 1. The van der Waals surface area contributed by atoms with Gasteiger partial charge in [0.15, 0.2) is 11.0 Å². The Labute approximate surface area is 106 Å². The van der Waals surface area contributed by atoms with Crippen molar-refractivity contribution < 1.29 is 4.74 Å². The molecule has 3 aliphatic rings. The van der Waals surface area contributed by atoms with E-state index < -0.39 is 0 Å². The van der Waals surface area contributed by atoms with Crippen LogP contribution in [0.25, 0.3) is 0 Å². The maximum Gasteiger partial charge on any atom is 0.171 e. The Kier molecular flexibility index (Phi) is 2.92. The summed E-state index contributed by atoms with van der Waals surface area (Å²) in [5, 5.41) is 0.502. The van der Waals surface area contributed by atoms with E-state index in [0.29, 0.717) is 23.1 Å². The van der Waals surface area contributed by atoms with Gasteiger partial charge in [0, 0.05) is 43.9 Å². The van der Waals surface area contributed by atoms with Gasteiger partial charge in [-0.25, -0.2) is 9.97 Å². The first-order valence-corrected chi connectivity index (χ1v) is 6.50. The fraction of sp³-hybridized carbons (Fsp3) is 0.667. The zero-order valence-corrected chi connectivity index (χ0v) is 10.6. The van der Waals surface area contributed by atoms with E-state index in [4.69, 9.17) is 16.3 Å². The molecule has 3 fully saturated rings. The van der Waals surface area contributed by atoms with Gasteiger partial charge in [-0.1, -0.05) is 11.6 Å². The van der Waals surface area contributed by atoms with Crippen molar-refractivity contribution in [1.82, 2.24) is 9.97 Å². The minimum Gasteiger partial charge on any atom is -0.378 e. The first-order chi connectivity index (χ1) is 8.29. The number of halogens is 1. The molecule has 2 bridgehead atoms. The van der Waals surface area contributed by atoms with Crippen molar-refractivity contribution in [2.24, 2.45) is 11.8 Å². The third kappa shape index (κ3) is 1.89. The number of anilines is 1. The van der Waals surface area contributed by atoms with Crippen LogP contribution in [0, 0.1) is 11.8 Å². The lowest BCUT2D eigenvalue weighted by Crippen LogP contribution is -2.59. The fourth-order valence-corrected chi connectivity index (χ4v) is 3.23. The summed E-state index contributed by atoms with van der Waals surface area (Å²) in [7, 11) is 0. The third-order valence-corrected chi connectivity index (χ3v) is 4.01. The molecular weight excluding hydrogens is 238 g/mol. The SMILES string of the molecule is CCOC1[C@H]2C[C@H]1CN(c1nccnc1Cl)C2. The summed E-state index contributed by atoms with van der Waals surface area (Å²) in [6.07, 6.45) is 5.05. The van der Waals surface area contributed by atoms with Crippen LogP contribution in [-0.4, -0.2) is 35.8 Å². The minimum atomic E-state index is 0.451. The maximum atomic E-state index is 6.07. The Hall–Kier alpha value is -0.870. The van der Waals surface area contributed by atoms with E-state index in [-0.39, 0.29) is 0 Å². The summed E-state index contributed by atoms with van der Waals surface area (Å²) in [6.45, 7) is 4.84. The van der Waals surface area contributed by atoms with Crippen molar-refractivity contribution in [2.75, 3.05) is 24.6 Å². The first-order valence-electron chi connectivity index (χ1n) is 6.12. The topological polar surface area (TPSA) is 38.2 Å². The zero-order chi connectivity index (χ0) is 11.8. The predicted octanol–water partition coefficient (Wildman–Crippen LogP) is 1.99. The van der Waals surface area contributed by atoms with Crippen LogP contribution in [0.5, 0.6) is 0 Å². The molecule has 4 rings (SSSR count). The molecule has 1 aromatic heterocycles. The second-order valence-electron chi connectivity index (χ2n) is 4.75. The Balaban J connectivity index is 1.72. The molecule has 17 heavy (non-hydrogen) atoms. The van der Waals surface area contributed by atoms with Crippen LogP contribution >= 0.6 is 11.6 Å². The monoisotopic (exact) mass is 253 g/mol. The maximum absolute atomic E-state index is 6.07. The van der Waals surface area contributed by atoms with Gasteiger partial charge in [-0.2, -0.15) is 0 Å². The van der Waals surface area contributed by atoms with Crippen LogP contribution in [0.2, 0.25) is 5.15 Å². The van der Waals surface area contributed by atoms with Crippen LogP contribution in [0.4, 0.5) is 5.82 Å². The van der Waals surface area contributed by atoms with Gasteiger partial charge in [-0.15, -0.1) is 0 Å². The lowest BCUT2D eigenvalue weighted by molar-refractivity contribution is -0.0997. The lowest BCUT2D eigenvalue weighted by atomic mass is 9.68. The van der Waals surface area contributed by atoms with Gasteiger partial charge in [0.25, 0.3) is 0 Å². The van der Waals surface area contributed by atoms with Crippen LogP contribution in [-0.2, 0) is 4.74 Å². The molecule has 4 nitrogen and oxygen atoms in total. The second-order valence-corrected chi connectivity index (χ2v) is 5.11. The number of piperidine rings is 2. The molecule has 0 amide bonds. The van der Waals surface area contributed by atoms with E-state index in [1.165, 1.54) is 6.42 Å². The summed E-state index contributed by atoms with van der Waals surface area (Å²) in [4.78, 5) is 10.6. The summed E-state index contributed by atoms with van der Waals surface area (Å²) < 4.78 is 5.76. The van der Waals surface area contributed by atoms with Gasteiger partial charge < -0.3 is 9.64 Å². The van der Waals surface area contributed by atoms with Gasteiger partial charge in [-0.05, 0) is 13.3 Å². The number of fused-ring (bicyclic) bond motifs is 2. The summed E-state index contributed by atoms with van der Waals surface area (Å²) >= 11 is 6.07. The average Bonchev–Trinajstić information content (AvgIpc) is 2.36. The highest BCUT2D eigenvalue weighted by Crippen LogP contribution is 2.43. The van der Waals surface area contributed by atoms with E-state index >= 15 is 0 Å². The Morgan fingerprint density at radius 1 is 1.35 bits per heavy atom. The van der Waals surface area contributed by atoms with Gasteiger partial charge in [0.1, 0.15) is 0 Å². The summed E-state index contributed by atoms with van der Waals surface area (Å²) in [5.74, 6) is 2.08. The number of rotatable bonds is 3. The van der Waals surface area contributed by atoms with Crippen molar-refractivity contribution in [3.05, 3.63) is 17.5 Å². The average molecular weight is 254 g/mol. The van der Waals surface area contributed by atoms with Crippen molar-refractivity contribution in [2.45, 2.75) is 19.4 Å². The van der Waals surface area contributed by atoms with E-state index in [9.17, 15) is 0 Å². The molecule has 3 heterocycles. The number of hydrogen-bond acceptors (Lipinski definition) is 4. The molecule has 2 saturated heterocycles. The second kappa shape index (κ2) is 4.42. The molecule has 0 spiro atoms. The van der Waals surface area contributed by atoms with E-state index in [2.05, 4.69) is 21.8 Å². The molecule has 0 N–H and O–H groups in total. The molecule has 0 aromatic carbocycles. The van der Waals surface area contributed by atoms with Crippen molar-refractivity contribution in [3.63, 3.8) is 0 Å².